The maximum Gasteiger partial charge on any atom is 0.335 e. The van der Waals surface area contributed by atoms with E-state index in [1.54, 1.807) is 18.2 Å². The van der Waals surface area contributed by atoms with E-state index in [2.05, 4.69) is 19.9 Å². The minimum atomic E-state index is -0.890. The highest BCUT2D eigenvalue weighted by Crippen LogP contribution is 2.29. The van der Waals surface area contributed by atoms with Crippen LogP contribution in [0.15, 0.2) is 48.5 Å². The van der Waals surface area contributed by atoms with Crippen molar-refractivity contribution < 1.29 is 9.90 Å². The summed E-state index contributed by atoms with van der Waals surface area (Å²) >= 11 is 0. The van der Waals surface area contributed by atoms with Gasteiger partial charge >= 0.3 is 5.97 Å². The van der Waals surface area contributed by atoms with Gasteiger partial charge in [0.25, 0.3) is 0 Å². The molecule has 0 aliphatic rings. The number of hydrogen-bond donors (Lipinski definition) is 1. The number of rotatable bonds is 3. The molecule has 2 nitrogen and oxygen atoms in total. The first-order chi connectivity index (χ1) is 8.59. The predicted molar refractivity (Wildman–Crippen MR) is 72.9 cm³/mol. The van der Waals surface area contributed by atoms with Crippen LogP contribution in [-0.2, 0) is 0 Å². The summed E-state index contributed by atoms with van der Waals surface area (Å²) in [6.07, 6.45) is 0. The summed E-state index contributed by atoms with van der Waals surface area (Å²) in [4.78, 5) is 11.0. The van der Waals surface area contributed by atoms with Crippen LogP contribution in [0.4, 0.5) is 0 Å². The second-order valence-electron chi connectivity index (χ2n) is 4.63. The highest BCUT2D eigenvalue weighted by atomic mass is 16.4. The third-order valence-electron chi connectivity index (χ3n) is 3.00. The molecule has 0 aromatic heterocycles. The van der Waals surface area contributed by atoms with Gasteiger partial charge in [0, 0.05) is 0 Å². The van der Waals surface area contributed by atoms with E-state index in [1.165, 1.54) is 5.56 Å². The van der Waals surface area contributed by atoms with Crippen molar-refractivity contribution in [1.82, 2.24) is 0 Å². The predicted octanol–water partition coefficient (Wildman–Crippen LogP) is 4.18. The molecule has 0 spiro atoms. The Balaban J connectivity index is 2.55. The molecule has 0 unspecified atom stereocenters. The van der Waals surface area contributed by atoms with E-state index in [-0.39, 0.29) is 0 Å². The maximum absolute atomic E-state index is 11.0. The first-order valence-corrected chi connectivity index (χ1v) is 6.02. The Labute approximate surface area is 107 Å². The summed E-state index contributed by atoms with van der Waals surface area (Å²) in [6, 6.07) is 15.2. The molecule has 0 atom stereocenters. The van der Waals surface area contributed by atoms with Crippen LogP contribution < -0.4 is 0 Å². The Bertz CT molecular complexity index is 571. The van der Waals surface area contributed by atoms with Gasteiger partial charge in [-0.2, -0.15) is 0 Å². The first kappa shape index (κ1) is 12.4. The summed E-state index contributed by atoms with van der Waals surface area (Å²) in [5, 5.41) is 9.03. The number of carboxylic acids is 1. The van der Waals surface area contributed by atoms with Crippen molar-refractivity contribution in [2.45, 2.75) is 19.8 Å². The minimum Gasteiger partial charge on any atom is -0.478 e. The van der Waals surface area contributed by atoms with Gasteiger partial charge in [-0.05, 0) is 34.7 Å². The summed E-state index contributed by atoms with van der Waals surface area (Å²) in [6.45, 7) is 4.28. The third-order valence-corrected chi connectivity index (χ3v) is 3.00. The normalized spacial score (nSPS) is 10.6. The highest BCUT2D eigenvalue weighted by molar-refractivity contribution is 5.89. The Morgan fingerprint density at radius 3 is 2.44 bits per heavy atom. The van der Waals surface area contributed by atoms with Gasteiger partial charge in [0.1, 0.15) is 0 Å². The summed E-state index contributed by atoms with van der Waals surface area (Å²) in [5.41, 5.74) is 3.63. The number of carbonyl (C=O) groups is 1. The van der Waals surface area contributed by atoms with Crippen LogP contribution in [0.1, 0.15) is 35.7 Å². The van der Waals surface area contributed by atoms with E-state index in [0.29, 0.717) is 11.5 Å². The molecule has 1 N–H and O–H groups in total. The topological polar surface area (TPSA) is 37.3 Å². The maximum atomic E-state index is 11.0. The Morgan fingerprint density at radius 1 is 1.06 bits per heavy atom. The number of aromatic carboxylic acids is 1. The van der Waals surface area contributed by atoms with Crippen LogP contribution in [0.2, 0.25) is 0 Å². The lowest BCUT2D eigenvalue weighted by Crippen LogP contribution is -1.97. The SMILES string of the molecule is CC(C)c1ccccc1-c1cccc(C(=O)O)c1. The fourth-order valence-electron chi connectivity index (χ4n) is 2.08. The van der Waals surface area contributed by atoms with Crippen molar-refractivity contribution in [1.29, 1.82) is 0 Å². The van der Waals surface area contributed by atoms with Crippen molar-refractivity contribution >= 4 is 5.97 Å². The average Bonchev–Trinajstić information content (AvgIpc) is 2.39. The fourth-order valence-corrected chi connectivity index (χ4v) is 2.08. The van der Waals surface area contributed by atoms with Gasteiger partial charge in [-0.25, -0.2) is 4.79 Å². The van der Waals surface area contributed by atoms with Gasteiger partial charge < -0.3 is 5.11 Å². The highest BCUT2D eigenvalue weighted by Gasteiger charge is 2.09. The van der Waals surface area contributed by atoms with E-state index < -0.39 is 5.97 Å². The average molecular weight is 240 g/mol. The molecule has 92 valence electrons. The van der Waals surface area contributed by atoms with Crippen molar-refractivity contribution in [2.75, 3.05) is 0 Å². The molecule has 2 rings (SSSR count). The van der Waals surface area contributed by atoms with Crippen molar-refractivity contribution in [2.24, 2.45) is 0 Å². The largest absolute Gasteiger partial charge is 0.478 e. The van der Waals surface area contributed by atoms with Gasteiger partial charge in [-0.3, -0.25) is 0 Å². The standard InChI is InChI=1S/C16H16O2/c1-11(2)14-8-3-4-9-15(14)12-6-5-7-13(10-12)16(17)18/h3-11H,1-2H3,(H,17,18). The minimum absolute atomic E-state index is 0.325. The number of hydrogen-bond acceptors (Lipinski definition) is 1. The van der Waals surface area contributed by atoms with Crippen LogP contribution in [-0.4, -0.2) is 11.1 Å². The van der Waals surface area contributed by atoms with E-state index >= 15 is 0 Å². The molecule has 0 bridgehead atoms. The molecule has 0 fully saturated rings. The quantitative estimate of drug-likeness (QED) is 0.874. The summed E-state index contributed by atoms with van der Waals surface area (Å²) in [7, 11) is 0. The Kier molecular flexibility index (Phi) is 3.47. The summed E-state index contributed by atoms with van der Waals surface area (Å²) in [5.74, 6) is -0.478. The molecule has 0 aliphatic heterocycles. The van der Waals surface area contributed by atoms with Gasteiger partial charge in [-0.1, -0.05) is 50.2 Å². The lowest BCUT2D eigenvalue weighted by atomic mass is 9.92. The smallest absolute Gasteiger partial charge is 0.335 e. The lowest BCUT2D eigenvalue weighted by Gasteiger charge is -2.13. The molecule has 0 saturated heterocycles. The van der Waals surface area contributed by atoms with Crippen molar-refractivity contribution in [3.05, 3.63) is 59.7 Å². The fraction of sp³-hybridized carbons (Fsp3) is 0.188. The van der Waals surface area contributed by atoms with Gasteiger partial charge in [0.15, 0.2) is 0 Å². The molecular weight excluding hydrogens is 224 g/mol. The molecule has 2 aromatic rings. The number of benzene rings is 2. The second-order valence-corrected chi connectivity index (χ2v) is 4.63. The zero-order chi connectivity index (χ0) is 13.1. The third kappa shape index (κ3) is 2.43. The molecule has 0 saturated carbocycles. The first-order valence-electron chi connectivity index (χ1n) is 6.02. The molecule has 0 aliphatic carbocycles. The molecular formula is C16H16O2. The number of carboxylic acid groups (broad SMARTS) is 1. The summed E-state index contributed by atoms with van der Waals surface area (Å²) < 4.78 is 0. The van der Waals surface area contributed by atoms with Crippen LogP contribution >= 0.6 is 0 Å². The molecule has 2 heteroatoms. The van der Waals surface area contributed by atoms with E-state index in [1.807, 2.05) is 24.3 Å². The Hall–Kier alpha value is -2.09. The molecule has 18 heavy (non-hydrogen) atoms. The molecule has 0 heterocycles. The van der Waals surface area contributed by atoms with Crippen LogP contribution in [0.25, 0.3) is 11.1 Å². The molecule has 2 aromatic carbocycles. The van der Waals surface area contributed by atoms with E-state index in [9.17, 15) is 4.79 Å². The second kappa shape index (κ2) is 5.05. The van der Waals surface area contributed by atoms with Crippen LogP contribution in [0, 0.1) is 0 Å². The van der Waals surface area contributed by atoms with Crippen LogP contribution in [0.3, 0.4) is 0 Å². The monoisotopic (exact) mass is 240 g/mol. The van der Waals surface area contributed by atoms with Gasteiger partial charge in [-0.15, -0.1) is 0 Å². The zero-order valence-corrected chi connectivity index (χ0v) is 10.6. The Morgan fingerprint density at radius 2 is 1.78 bits per heavy atom. The zero-order valence-electron chi connectivity index (χ0n) is 10.6. The lowest BCUT2D eigenvalue weighted by molar-refractivity contribution is 0.0697. The van der Waals surface area contributed by atoms with Crippen molar-refractivity contribution in [3.8, 4) is 11.1 Å². The van der Waals surface area contributed by atoms with E-state index in [0.717, 1.165) is 11.1 Å². The molecule has 0 radical (unpaired) electrons. The van der Waals surface area contributed by atoms with Gasteiger partial charge in [0.2, 0.25) is 0 Å². The van der Waals surface area contributed by atoms with Crippen LogP contribution in [0.5, 0.6) is 0 Å². The van der Waals surface area contributed by atoms with Gasteiger partial charge in [0.05, 0.1) is 5.56 Å². The van der Waals surface area contributed by atoms with Crippen molar-refractivity contribution in [3.63, 3.8) is 0 Å². The van der Waals surface area contributed by atoms with E-state index in [4.69, 9.17) is 5.11 Å². The molecule has 0 amide bonds.